The molecule has 2 aromatic rings. The van der Waals surface area contributed by atoms with E-state index in [0.717, 1.165) is 10.6 Å². The van der Waals surface area contributed by atoms with Crippen LogP contribution in [0.15, 0.2) is 29.3 Å². The van der Waals surface area contributed by atoms with Crippen molar-refractivity contribution in [1.29, 1.82) is 0 Å². The molecule has 178 valence electrons. The molecule has 1 aromatic carbocycles. The van der Waals surface area contributed by atoms with E-state index in [1.165, 1.54) is 11.8 Å². The van der Waals surface area contributed by atoms with Gasteiger partial charge in [-0.25, -0.2) is 21.6 Å². The average molecular weight is 487 g/mol. The summed E-state index contributed by atoms with van der Waals surface area (Å²) >= 11 is 0. The van der Waals surface area contributed by atoms with Crippen molar-refractivity contribution in [1.82, 2.24) is 9.29 Å². The Kier molecular flexibility index (Phi) is 7.96. The predicted molar refractivity (Wildman–Crippen MR) is 101 cm³/mol. The molecule has 0 saturated heterocycles. The molecule has 0 saturated carbocycles. The lowest BCUT2D eigenvalue weighted by molar-refractivity contribution is -0.147. The van der Waals surface area contributed by atoms with Crippen LogP contribution in [0.5, 0.6) is 0 Å². The number of ether oxygens (including phenoxy) is 1. The van der Waals surface area contributed by atoms with Crippen LogP contribution >= 0.6 is 0 Å². The number of benzene rings is 1. The highest BCUT2D eigenvalue weighted by atomic mass is 32.2. The number of aromatic nitrogens is 1. The van der Waals surface area contributed by atoms with E-state index < -0.39 is 56.2 Å². The van der Waals surface area contributed by atoms with Crippen LogP contribution in [-0.2, 0) is 21.3 Å². The lowest BCUT2D eigenvalue weighted by Crippen LogP contribution is -2.43. The van der Waals surface area contributed by atoms with Crippen molar-refractivity contribution in [3.8, 4) is 0 Å². The van der Waals surface area contributed by atoms with Gasteiger partial charge in [-0.15, -0.1) is 0 Å². The van der Waals surface area contributed by atoms with Gasteiger partial charge in [-0.2, -0.15) is 17.9 Å². The molecule has 0 aliphatic rings. The number of hydrogen-bond acceptors (Lipinski definition) is 4. The van der Waals surface area contributed by atoms with Crippen LogP contribution in [0, 0.1) is 17.5 Å². The van der Waals surface area contributed by atoms with Gasteiger partial charge in [0.25, 0.3) is 5.91 Å². The lowest BCUT2D eigenvalue weighted by Gasteiger charge is -2.16. The Bertz CT molecular complexity index is 1090. The minimum atomic E-state index is -5.01. The van der Waals surface area contributed by atoms with Gasteiger partial charge in [0.2, 0.25) is 10.0 Å². The fraction of sp³-hybridized carbons (Fsp3) is 0.389. The fourth-order valence-electron chi connectivity index (χ4n) is 2.61. The minimum Gasteiger partial charge on any atom is -0.385 e. The summed E-state index contributed by atoms with van der Waals surface area (Å²) in [5, 5.41) is 2.09. The van der Waals surface area contributed by atoms with E-state index in [1.54, 1.807) is 0 Å². The first-order valence-corrected chi connectivity index (χ1v) is 10.5. The van der Waals surface area contributed by atoms with Crippen LogP contribution in [-0.4, -0.2) is 44.8 Å². The summed E-state index contributed by atoms with van der Waals surface area (Å²) < 4.78 is 111. The van der Waals surface area contributed by atoms with Crippen molar-refractivity contribution in [2.45, 2.75) is 37.0 Å². The van der Waals surface area contributed by atoms with Gasteiger partial charge in [0.1, 0.15) is 16.6 Å². The Morgan fingerprint density at radius 3 is 2.41 bits per heavy atom. The van der Waals surface area contributed by atoms with Crippen LogP contribution in [0.1, 0.15) is 23.8 Å². The number of anilines is 1. The quantitative estimate of drug-likeness (QED) is 0.419. The van der Waals surface area contributed by atoms with Crippen molar-refractivity contribution in [2.75, 3.05) is 19.0 Å². The zero-order valence-electron chi connectivity index (χ0n) is 16.8. The Morgan fingerprint density at radius 2 is 1.84 bits per heavy atom. The van der Waals surface area contributed by atoms with Crippen LogP contribution in [0.2, 0.25) is 0 Å². The Balaban J connectivity index is 2.45. The van der Waals surface area contributed by atoms with Gasteiger partial charge in [-0.1, -0.05) is 0 Å². The average Bonchev–Trinajstić information content (AvgIpc) is 3.01. The molecular weight excluding hydrogens is 468 g/mol. The van der Waals surface area contributed by atoms with Gasteiger partial charge in [-0.3, -0.25) is 4.79 Å². The zero-order valence-corrected chi connectivity index (χ0v) is 17.6. The van der Waals surface area contributed by atoms with Crippen molar-refractivity contribution in [2.24, 2.45) is 0 Å². The Labute approximate surface area is 179 Å². The summed E-state index contributed by atoms with van der Waals surface area (Å²) in [5.41, 5.74) is -1.09. The van der Waals surface area contributed by atoms with Crippen LogP contribution in [0.4, 0.5) is 32.0 Å². The molecule has 0 fully saturated rings. The molecule has 0 aliphatic carbocycles. The second-order valence-electron chi connectivity index (χ2n) is 6.66. The standard InChI is InChI=1S/C18H19F6N3O4S/c1-10(18(22,23)24)26-32(29,30)14-9-27(6-3-7-31-2)16(15(14)21)17(28)25-11-4-5-12(19)13(20)8-11/h4-5,8-10,26H,3,6-7H2,1-2H3,(H,25,28)/t10-/m1/s1. The maximum Gasteiger partial charge on any atom is 0.404 e. The van der Waals surface area contributed by atoms with E-state index >= 15 is 0 Å². The fourth-order valence-corrected chi connectivity index (χ4v) is 3.93. The number of methoxy groups -OCH3 is 1. The van der Waals surface area contributed by atoms with Crippen molar-refractivity contribution < 1.29 is 44.3 Å². The molecule has 7 nitrogen and oxygen atoms in total. The first-order valence-electron chi connectivity index (χ1n) is 9.01. The largest absolute Gasteiger partial charge is 0.404 e. The smallest absolute Gasteiger partial charge is 0.385 e. The summed E-state index contributed by atoms with van der Waals surface area (Å²) in [6.45, 7) is 0.548. The van der Waals surface area contributed by atoms with Crippen molar-refractivity contribution in [3.05, 3.63) is 47.5 Å². The second kappa shape index (κ2) is 9.92. The number of nitrogens with one attached hydrogen (secondary N) is 2. The van der Waals surface area contributed by atoms with Crippen molar-refractivity contribution in [3.63, 3.8) is 0 Å². The van der Waals surface area contributed by atoms with Gasteiger partial charge < -0.3 is 14.6 Å². The maximum atomic E-state index is 15.0. The summed E-state index contributed by atoms with van der Waals surface area (Å²) in [7, 11) is -3.64. The number of aryl methyl sites for hydroxylation is 1. The lowest BCUT2D eigenvalue weighted by atomic mass is 10.3. The van der Waals surface area contributed by atoms with E-state index in [4.69, 9.17) is 4.74 Å². The number of sulfonamides is 1. The third-order valence-electron chi connectivity index (χ3n) is 4.24. The molecule has 0 bridgehead atoms. The monoisotopic (exact) mass is 487 g/mol. The number of amides is 1. The summed E-state index contributed by atoms with van der Waals surface area (Å²) in [6.07, 6.45) is -4.06. The van der Waals surface area contributed by atoms with Crippen LogP contribution in [0.25, 0.3) is 0 Å². The van der Waals surface area contributed by atoms with E-state index in [2.05, 4.69) is 5.32 Å². The molecule has 1 aromatic heterocycles. The normalized spacial score (nSPS) is 13.2. The van der Waals surface area contributed by atoms with Crippen molar-refractivity contribution >= 4 is 21.6 Å². The molecule has 0 spiro atoms. The second-order valence-corrected chi connectivity index (χ2v) is 8.35. The molecule has 0 aliphatic heterocycles. The molecular formula is C18H19F6N3O4S. The van der Waals surface area contributed by atoms with Gasteiger partial charge in [-0.05, 0) is 25.5 Å². The SMILES string of the molecule is COCCCn1cc(S(=O)(=O)N[C@H](C)C(F)(F)F)c(F)c1C(=O)Nc1ccc(F)c(F)c1. The van der Waals surface area contributed by atoms with Crippen LogP contribution in [0.3, 0.4) is 0 Å². The predicted octanol–water partition coefficient (Wildman–Crippen LogP) is 3.42. The molecule has 1 amide bonds. The summed E-state index contributed by atoms with van der Waals surface area (Å²) in [4.78, 5) is 11.4. The maximum absolute atomic E-state index is 15.0. The highest BCUT2D eigenvalue weighted by Gasteiger charge is 2.40. The molecule has 0 radical (unpaired) electrons. The molecule has 0 unspecified atom stereocenters. The third kappa shape index (κ3) is 6.01. The van der Waals surface area contributed by atoms with E-state index in [9.17, 15) is 39.6 Å². The number of nitrogens with zero attached hydrogens (tertiary/aromatic N) is 1. The third-order valence-corrected chi connectivity index (χ3v) is 5.76. The number of hydrogen-bond donors (Lipinski definition) is 2. The summed E-state index contributed by atoms with van der Waals surface area (Å²) in [5.74, 6) is -5.33. The highest BCUT2D eigenvalue weighted by Crippen LogP contribution is 2.26. The van der Waals surface area contributed by atoms with E-state index in [0.29, 0.717) is 25.3 Å². The molecule has 14 heteroatoms. The number of carbonyl (C=O) groups excluding carboxylic acids is 1. The van der Waals surface area contributed by atoms with E-state index in [1.807, 2.05) is 0 Å². The van der Waals surface area contributed by atoms with Gasteiger partial charge >= 0.3 is 6.18 Å². The van der Waals surface area contributed by atoms with Gasteiger partial charge in [0.05, 0.1) is 0 Å². The number of alkyl halides is 3. The molecule has 32 heavy (non-hydrogen) atoms. The highest BCUT2D eigenvalue weighted by molar-refractivity contribution is 7.89. The zero-order chi connectivity index (χ0) is 24.3. The minimum absolute atomic E-state index is 0.129. The van der Waals surface area contributed by atoms with E-state index in [-0.39, 0.29) is 25.3 Å². The molecule has 1 heterocycles. The van der Waals surface area contributed by atoms with Gasteiger partial charge in [0.15, 0.2) is 17.5 Å². The molecule has 2 N–H and O–H groups in total. The summed E-state index contributed by atoms with van der Waals surface area (Å²) in [6, 6.07) is -0.218. The van der Waals surface area contributed by atoms with Crippen LogP contribution < -0.4 is 10.0 Å². The Morgan fingerprint density at radius 1 is 1.19 bits per heavy atom. The first-order chi connectivity index (χ1) is 14.8. The van der Waals surface area contributed by atoms with Gasteiger partial charge in [0, 0.05) is 38.2 Å². The topological polar surface area (TPSA) is 89.4 Å². The number of carbonyl (C=O) groups is 1. The Hall–Kier alpha value is -2.58. The molecule has 1 atom stereocenters. The number of halogens is 6. The first kappa shape index (κ1) is 25.7. The molecule has 2 rings (SSSR count). The number of rotatable bonds is 9.